The van der Waals surface area contributed by atoms with E-state index in [-0.39, 0.29) is 12.2 Å². The fourth-order valence-corrected chi connectivity index (χ4v) is 1.43. The average molecular weight is 241 g/mol. The molecule has 0 bridgehead atoms. The standard InChI is InChI=1S/C15H15NO2/c1-3-18-15(17)14(11-16)10-12(2)9-13-7-5-4-6-8-13/h4-10H,3H2,1-2H3/b12-9+,14-10+. The van der Waals surface area contributed by atoms with Crippen LogP contribution in [0.3, 0.4) is 0 Å². The van der Waals surface area contributed by atoms with Crippen molar-refractivity contribution in [2.24, 2.45) is 0 Å². The van der Waals surface area contributed by atoms with Crippen LogP contribution in [0.1, 0.15) is 19.4 Å². The molecule has 0 unspecified atom stereocenters. The predicted molar refractivity (Wildman–Crippen MR) is 70.4 cm³/mol. The van der Waals surface area contributed by atoms with Gasteiger partial charge < -0.3 is 4.74 Å². The minimum absolute atomic E-state index is 0.0153. The van der Waals surface area contributed by atoms with Gasteiger partial charge in [0, 0.05) is 0 Å². The number of benzene rings is 1. The second-order valence-corrected chi connectivity index (χ2v) is 3.69. The summed E-state index contributed by atoms with van der Waals surface area (Å²) in [5, 5.41) is 8.89. The van der Waals surface area contributed by atoms with Crippen molar-refractivity contribution in [3.05, 3.63) is 53.1 Å². The van der Waals surface area contributed by atoms with Gasteiger partial charge in [-0.15, -0.1) is 0 Å². The Morgan fingerprint density at radius 1 is 1.39 bits per heavy atom. The van der Waals surface area contributed by atoms with E-state index in [1.165, 1.54) is 6.08 Å². The predicted octanol–water partition coefficient (Wildman–Crippen LogP) is 3.10. The van der Waals surface area contributed by atoms with E-state index in [4.69, 9.17) is 10.00 Å². The number of carbonyl (C=O) groups is 1. The monoisotopic (exact) mass is 241 g/mol. The topological polar surface area (TPSA) is 50.1 Å². The third-order valence-electron chi connectivity index (χ3n) is 2.18. The first-order valence-corrected chi connectivity index (χ1v) is 5.69. The minimum Gasteiger partial charge on any atom is -0.462 e. The van der Waals surface area contributed by atoms with Gasteiger partial charge in [0.05, 0.1) is 6.61 Å². The Hall–Kier alpha value is -2.34. The molecule has 0 aliphatic rings. The number of esters is 1. The molecule has 0 saturated carbocycles. The van der Waals surface area contributed by atoms with E-state index >= 15 is 0 Å². The zero-order valence-corrected chi connectivity index (χ0v) is 10.5. The second kappa shape index (κ2) is 7.08. The van der Waals surface area contributed by atoms with Gasteiger partial charge in [-0.1, -0.05) is 36.4 Å². The Morgan fingerprint density at radius 3 is 2.61 bits per heavy atom. The molecule has 0 saturated heterocycles. The van der Waals surface area contributed by atoms with Crippen LogP contribution < -0.4 is 0 Å². The van der Waals surface area contributed by atoms with Crippen LogP contribution in [-0.2, 0) is 9.53 Å². The highest BCUT2D eigenvalue weighted by molar-refractivity contribution is 5.93. The maximum atomic E-state index is 11.4. The van der Waals surface area contributed by atoms with E-state index in [1.807, 2.05) is 49.4 Å². The van der Waals surface area contributed by atoms with Gasteiger partial charge in [-0.2, -0.15) is 5.26 Å². The van der Waals surface area contributed by atoms with Gasteiger partial charge in [0.25, 0.3) is 0 Å². The number of nitrogens with zero attached hydrogens (tertiary/aromatic N) is 1. The maximum Gasteiger partial charge on any atom is 0.348 e. The molecular formula is C15H15NO2. The summed E-state index contributed by atoms with van der Waals surface area (Å²) in [4.78, 5) is 11.4. The summed E-state index contributed by atoms with van der Waals surface area (Å²) in [6.07, 6.45) is 3.43. The normalized spacial score (nSPS) is 11.8. The highest BCUT2D eigenvalue weighted by Crippen LogP contribution is 2.09. The summed E-state index contributed by atoms with van der Waals surface area (Å²) < 4.78 is 4.79. The Kier molecular flexibility index (Phi) is 5.40. The lowest BCUT2D eigenvalue weighted by atomic mass is 10.1. The molecule has 92 valence electrons. The number of nitriles is 1. The van der Waals surface area contributed by atoms with Crippen LogP contribution in [0.5, 0.6) is 0 Å². The summed E-state index contributed by atoms with van der Waals surface area (Å²) in [5.41, 5.74) is 1.86. The Bertz CT molecular complexity index is 507. The molecule has 18 heavy (non-hydrogen) atoms. The molecule has 3 nitrogen and oxygen atoms in total. The lowest BCUT2D eigenvalue weighted by molar-refractivity contribution is -0.138. The van der Waals surface area contributed by atoms with Crippen molar-refractivity contribution >= 4 is 12.0 Å². The van der Waals surface area contributed by atoms with Crippen molar-refractivity contribution in [2.45, 2.75) is 13.8 Å². The molecule has 0 radical (unpaired) electrons. The molecule has 0 aliphatic carbocycles. The van der Waals surface area contributed by atoms with Gasteiger partial charge in [-0.05, 0) is 31.1 Å². The van der Waals surface area contributed by atoms with E-state index in [0.29, 0.717) is 0 Å². The lowest BCUT2D eigenvalue weighted by Crippen LogP contribution is -2.06. The van der Waals surface area contributed by atoms with Crippen molar-refractivity contribution in [1.29, 1.82) is 5.26 Å². The van der Waals surface area contributed by atoms with E-state index < -0.39 is 5.97 Å². The largest absolute Gasteiger partial charge is 0.462 e. The Balaban J connectivity index is 2.90. The summed E-state index contributed by atoms with van der Waals surface area (Å²) in [6.45, 7) is 3.81. The highest BCUT2D eigenvalue weighted by atomic mass is 16.5. The van der Waals surface area contributed by atoms with Gasteiger partial charge in [-0.3, -0.25) is 0 Å². The molecule has 0 amide bonds. The summed E-state index contributed by atoms with van der Waals surface area (Å²) in [5.74, 6) is -0.583. The molecule has 0 aliphatic heterocycles. The fourth-order valence-electron chi connectivity index (χ4n) is 1.43. The van der Waals surface area contributed by atoms with Gasteiger partial charge in [0.1, 0.15) is 11.6 Å². The summed E-state index contributed by atoms with van der Waals surface area (Å²) in [6, 6.07) is 11.5. The van der Waals surface area contributed by atoms with Gasteiger partial charge in [-0.25, -0.2) is 4.79 Å². The van der Waals surface area contributed by atoms with Crippen LogP contribution in [0.2, 0.25) is 0 Å². The van der Waals surface area contributed by atoms with Crippen molar-refractivity contribution in [3.63, 3.8) is 0 Å². The highest BCUT2D eigenvalue weighted by Gasteiger charge is 2.08. The van der Waals surface area contributed by atoms with Crippen LogP contribution in [0.4, 0.5) is 0 Å². The number of carbonyl (C=O) groups excluding carboxylic acids is 1. The first-order chi connectivity index (χ1) is 8.67. The zero-order valence-electron chi connectivity index (χ0n) is 10.5. The van der Waals surface area contributed by atoms with Crippen LogP contribution in [0.15, 0.2) is 47.6 Å². The first-order valence-electron chi connectivity index (χ1n) is 5.69. The van der Waals surface area contributed by atoms with Crippen LogP contribution in [-0.4, -0.2) is 12.6 Å². The molecule has 1 aromatic rings. The maximum absolute atomic E-state index is 11.4. The molecule has 1 aromatic carbocycles. The van der Waals surface area contributed by atoms with E-state index in [2.05, 4.69) is 0 Å². The molecule has 1 rings (SSSR count). The Labute approximate surface area is 107 Å². The van der Waals surface area contributed by atoms with Gasteiger partial charge in [0.2, 0.25) is 0 Å². The van der Waals surface area contributed by atoms with Crippen LogP contribution in [0, 0.1) is 11.3 Å². The number of hydrogen-bond acceptors (Lipinski definition) is 3. The molecule has 3 heteroatoms. The molecule has 0 aromatic heterocycles. The number of ether oxygens (including phenoxy) is 1. The number of rotatable bonds is 4. The number of allylic oxidation sites excluding steroid dienone is 2. The zero-order chi connectivity index (χ0) is 13.4. The van der Waals surface area contributed by atoms with E-state index in [9.17, 15) is 4.79 Å². The molecule has 0 atom stereocenters. The third kappa shape index (κ3) is 4.26. The minimum atomic E-state index is -0.583. The van der Waals surface area contributed by atoms with Gasteiger partial charge in [0.15, 0.2) is 0 Å². The molecule has 0 heterocycles. The number of hydrogen-bond donors (Lipinski definition) is 0. The average Bonchev–Trinajstić information content (AvgIpc) is 2.37. The molecule has 0 fully saturated rings. The summed E-state index contributed by atoms with van der Waals surface area (Å²) >= 11 is 0. The fraction of sp³-hybridized carbons (Fsp3) is 0.200. The van der Waals surface area contributed by atoms with Gasteiger partial charge >= 0.3 is 5.97 Å². The third-order valence-corrected chi connectivity index (χ3v) is 2.18. The summed E-state index contributed by atoms with van der Waals surface area (Å²) in [7, 11) is 0. The van der Waals surface area contributed by atoms with E-state index in [0.717, 1.165) is 11.1 Å². The SMILES string of the molecule is CCOC(=O)/C(C#N)=C/C(C)=C/c1ccccc1. The van der Waals surface area contributed by atoms with Crippen molar-refractivity contribution < 1.29 is 9.53 Å². The smallest absolute Gasteiger partial charge is 0.348 e. The van der Waals surface area contributed by atoms with Crippen molar-refractivity contribution in [2.75, 3.05) is 6.61 Å². The van der Waals surface area contributed by atoms with Crippen LogP contribution >= 0.6 is 0 Å². The van der Waals surface area contributed by atoms with Crippen molar-refractivity contribution in [3.8, 4) is 6.07 Å². The molecular weight excluding hydrogens is 226 g/mol. The van der Waals surface area contributed by atoms with Crippen LogP contribution in [0.25, 0.3) is 6.08 Å². The second-order valence-electron chi connectivity index (χ2n) is 3.69. The Morgan fingerprint density at radius 2 is 2.06 bits per heavy atom. The molecule has 0 N–H and O–H groups in total. The van der Waals surface area contributed by atoms with Crippen molar-refractivity contribution in [1.82, 2.24) is 0 Å². The van der Waals surface area contributed by atoms with E-state index in [1.54, 1.807) is 6.92 Å². The first kappa shape index (κ1) is 13.7. The quantitative estimate of drug-likeness (QED) is 0.352. The lowest BCUT2D eigenvalue weighted by Gasteiger charge is -2.00. The molecule has 0 spiro atoms.